The Morgan fingerprint density at radius 3 is 2.91 bits per heavy atom. The third-order valence-electron chi connectivity index (χ3n) is 3.52. The maximum atomic E-state index is 12.2. The molecule has 1 atom stereocenters. The molecule has 1 aromatic carbocycles. The van der Waals surface area contributed by atoms with E-state index in [0.717, 1.165) is 0 Å². The van der Waals surface area contributed by atoms with Crippen LogP contribution in [0.15, 0.2) is 18.2 Å². The molecule has 8 heteroatoms. The summed E-state index contributed by atoms with van der Waals surface area (Å²) in [4.78, 5) is 25.9. The van der Waals surface area contributed by atoms with Crippen molar-refractivity contribution in [3.05, 3.63) is 33.8 Å². The van der Waals surface area contributed by atoms with Gasteiger partial charge >= 0.3 is 0 Å². The van der Waals surface area contributed by atoms with Crippen molar-refractivity contribution in [1.82, 2.24) is 10.2 Å². The van der Waals surface area contributed by atoms with Crippen molar-refractivity contribution in [3.63, 3.8) is 0 Å². The van der Waals surface area contributed by atoms with Gasteiger partial charge in [0.25, 0.3) is 5.91 Å². The van der Waals surface area contributed by atoms with Crippen molar-refractivity contribution in [1.29, 1.82) is 0 Å². The van der Waals surface area contributed by atoms with E-state index in [1.165, 1.54) is 12.1 Å². The molecule has 1 aromatic rings. The van der Waals surface area contributed by atoms with Crippen LogP contribution in [0.4, 0.5) is 0 Å². The average Bonchev–Trinajstić information content (AvgIpc) is 2.80. The Bertz CT molecular complexity index is 583. The smallest absolute Gasteiger partial charge is 0.253 e. The molecule has 1 aliphatic heterocycles. The predicted octanol–water partition coefficient (Wildman–Crippen LogP) is 1.19. The Morgan fingerprint density at radius 2 is 2.17 bits per heavy atom. The number of nitrogens with zero attached hydrogens (tertiary/aromatic N) is 1. The molecule has 2 rings (SSSR count). The molecule has 1 saturated heterocycles. The minimum Gasteiger partial charge on any atom is -0.396 e. The molecule has 0 bridgehead atoms. The molecule has 2 N–H and O–H groups in total. The minimum atomic E-state index is -0.462. The number of rotatable bonds is 4. The van der Waals surface area contributed by atoms with Crippen LogP contribution < -0.4 is 5.32 Å². The molecule has 6 nitrogen and oxygen atoms in total. The highest BCUT2D eigenvalue weighted by Crippen LogP contribution is 2.20. The Hall–Kier alpha value is -1.34. The molecular formula is C15H18Cl2N2O4. The van der Waals surface area contributed by atoms with E-state index < -0.39 is 5.91 Å². The molecule has 1 aliphatic rings. The van der Waals surface area contributed by atoms with Gasteiger partial charge in [-0.25, -0.2) is 0 Å². The third kappa shape index (κ3) is 5.07. The largest absolute Gasteiger partial charge is 0.396 e. The summed E-state index contributed by atoms with van der Waals surface area (Å²) in [7, 11) is 0. The molecule has 2 amide bonds. The fourth-order valence-electron chi connectivity index (χ4n) is 2.25. The number of aliphatic hydroxyl groups excluding tert-OH is 1. The van der Waals surface area contributed by atoms with Crippen molar-refractivity contribution >= 4 is 35.0 Å². The lowest BCUT2D eigenvalue weighted by Crippen LogP contribution is -2.43. The number of carbonyl (C=O) groups excluding carboxylic acids is 2. The molecule has 23 heavy (non-hydrogen) atoms. The van der Waals surface area contributed by atoms with E-state index in [0.29, 0.717) is 31.3 Å². The first-order valence-corrected chi connectivity index (χ1v) is 7.96. The van der Waals surface area contributed by atoms with Gasteiger partial charge in [0.15, 0.2) is 0 Å². The van der Waals surface area contributed by atoms with Gasteiger partial charge in [-0.1, -0.05) is 23.2 Å². The van der Waals surface area contributed by atoms with Crippen molar-refractivity contribution in [2.24, 2.45) is 5.92 Å². The van der Waals surface area contributed by atoms with E-state index in [1.54, 1.807) is 11.0 Å². The van der Waals surface area contributed by atoms with Gasteiger partial charge in [0.05, 0.1) is 30.3 Å². The first-order chi connectivity index (χ1) is 11.0. The first-order valence-electron chi connectivity index (χ1n) is 7.21. The van der Waals surface area contributed by atoms with Crippen LogP contribution in [-0.2, 0) is 9.53 Å². The molecule has 1 unspecified atom stereocenters. The second-order valence-electron chi connectivity index (χ2n) is 5.27. The zero-order chi connectivity index (χ0) is 16.8. The normalized spacial score (nSPS) is 18.4. The van der Waals surface area contributed by atoms with Crippen LogP contribution in [-0.4, -0.2) is 61.3 Å². The summed E-state index contributed by atoms with van der Waals surface area (Å²) in [6.07, 6.45) is 0. The number of hydrogen-bond acceptors (Lipinski definition) is 4. The molecule has 1 heterocycles. The van der Waals surface area contributed by atoms with Crippen LogP contribution >= 0.6 is 23.2 Å². The molecule has 0 spiro atoms. The lowest BCUT2D eigenvalue weighted by Gasteiger charge is -2.22. The monoisotopic (exact) mass is 360 g/mol. The summed E-state index contributed by atoms with van der Waals surface area (Å²) in [5, 5.41) is 12.4. The van der Waals surface area contributed by atoms with Crippen LogP contribution in [0.1, 0.15) is 10.4 Å². The van der Waals surface area contributed by atoms with E-state index in [1.807, 2.05) is 0 Å². The summed E-state index contributed by atoms with van der Waals surface area (Å²) < 4.78 is 5.33. The lowest BCUT2D eigenvalue weighted by atomic mass is 10.1. The van der Waals surface area contributed by atoms with Gasteiger partial charge in [-0.3, -0.25) is 9.59 Å². The molecule has 126 valence electrons. The average molecular weight is 361 g/mol. The third-order valence-corrected chi connectivity index (χ3v) is 4.09. The van der Waals surface area contributed by atoms with Crippen LogP contribution in [0.3, 0.4) is 0 Å². The second-order valence-corrected chi connectivity index (χ2v) is 6.11. The van der Waals surface area contributed by atoms with Gasteiger partial charge in [-0.15, -0.1) is 0 Å². The standard InChI is InChI=1S/C15H18Cl2N2O4/c16-11-1-2-13(17)12(5-11)15(22)18-6-14(21)19-3-4-23-9-10(7-19)8-20/h1-2,5,10,20H,3-4,6-9H2,(H,18,22). The minimum absolute atomic E-state index is 0.0474. The van der Waals surface area contributed by atoms with Gasteiger partial charge in [-0.2, -0.15) is 0 Å². The van der Waals surface area contributed by atoms with Crippen molar-refractivity contribution in [2.45, 2.75) is 0 Å². The van der Waals surface area contributed by atoms with Crippen LogP contribution in [0.5, 0.6) is 0 Å². The van der Waals surface area contributed by atoms with Crippen molar-refractivity contribution in [2.75, 3.05) is 39.5 Å². The number of nitrogens with one attached hydrogen (secondary N) is 1. The fraction of sp³-hybridized carbons (Fsp3) is 0.467. The predicted molar refractivity (Wildman–Crippen MR) is 86.8 cm³/mol. The maximum absolute atomic E-state index is 12.2. The van der Waals surface area contributed by atoms with Crippen molar-refractivity contribution in [3.8, 4) is 0 Å². The number of aliphatic hydroxyl groups is 1. The summed E-state index contributed by atoms with van der Waals surface area (Å²) >= 11 is 11.8. The number of ether oxygens (including phenoxy) is 1. The van der Waals surface area contributed by atoms with Crippen LogP contribution in [0, 0.1) is 5.92 Å². The molecule has 0 aliphatic carbocycles. The van der Waals surface area contributed by atoms with Gasteiger partial charge < -0.3 is 20.1 Å². The summed E-state index contributed by atoms with van der Waals surface area (Å²) in [6, 6.07) is 4.56. The van der Waals surface area contributed by atoms with Crippen LogP contribution in [0.25, 0.3) is 0 Å². The van der Waals surface area contributed by atoms with E-state index in [2.05, 4.69) is 5.32 Å². The number of carbonyl (C=O) groups is 2. The number of halogens is 2. The number of benzene rings is 1. The molecule has 1 fully saturated rings. The Balaban J connectivity index is 1.92. The Morgan fingerprint density at radius 1 is 1.39 bits per heavy atom. The zero-order valence-corrected chi connectivity index (χ0v) is 13.9. The highest BCUT2D eigenvalue weighted by atomic mass is 35.5. The van der Waals surface area contributed by atoms with Gasteiger partial charge in [0.1, 0.15) is 0 Å². The summed E-state index contributed by atoms with van der Waals surface area (Å²) in [5.41, 5.74) is 0.222. The van der Waals surface area contributed by atoms with E-state index in [-0.39, 0.29) is 35.6 Å². The highest BCUT2D eigenvalue weighted by Gasteiger charge is 2.22. The Labute approximate surface area is 144 Å². The van der Waals surface area contributed by atoms with E-state index in [9.17, 15) is 14.7 Å². The SMILES string of the molecule is O=C(NCC(=O)N1CCOCC(CO)C1)c1cc(Cl)ccc1Cl. The van der Waals surface area contributed by atoms with Gasteiger partial charge in [-0.05, 0) is 18.2 Å². The molecule has 0 radical (unpaired) electrons. The second kappa shape index (κ2) is 8.49. The van der Waals surface area contributed by atoms with Gasteiger partial charge in [0, 0.05) is 30.6 Å². The fourth-order valence-corrected chi connectivity index (χ4v) is 2.63. The quantitative estimate of drug-likeness (QED) is 0.845. The van der Waals surface area contributed by atoms with E-state index in [4.69, 9.17) is 27.9 Å². The first kappa shape index (κ1) is 18.0. The van der Waals surface area contributed by atoms with Gasteiger partial charge in [0.2, 0.25) is 5.91 Å². The summed E-state index contributed by atoms with van der Waals surface area (Å²) in [6.45, 7) is 1.47. The topological polar surface area (TPSA) is 78.9 Å². The highest BCUT2D eigenvalue weighted by molar-refractivity contribution is 6.35. The molecule has 0 saturated carbocycles. The maximum Gasteiger partial charge on any atom is 0.253 e. The summed E-state index contributed by atoms with van der Waals surface area (Å²) in [5.74, 6) is -0.810. The number of amides is 2. The van der Waals surface area contributed by atoms with Crippen molar-refractivity contribution < 1.29 is 19.4 Å². The Kier molecular flexibility index (Phi) is 6.65. The zero-order valence-electron chi connectivity index (χ0n) is 12.4. The lowest BCUT2D eigenvalue weighted by molar-refractivity contribution is -0.130. The molecule has 0 aromatic heterocycles. The van der Waals surface area contributed by atoms with E-state index >= 15 is 0 Å². The molecular weight excluding hydrogens is 343 g/mol. The van der Waals surface area contributed by atoms with Crippen LogP contribution in [0.2, 0.25) is 10.0 Å². The number of hydrogen-bond donors (Lipinski definition) is 2.